The van der Waals surface area contributed by atoms with Gasteiger partial charge in [-0.3, -0.25) is 4.79 Å². The Labute approximate surface area is 196 Å². The minimum atomic E-state index is -2.35. The van der Waals surface area contributed by atoms with Crippen LogP contribution < -0.4 is 18.9 Å². The second-order valence-electron chi connectivity index (χ2n) is 6.62. The van der Waals surface area contributed by atoms with Gasteiger partial charge in [-0.05, 0) is 34.0 Å². The molecule has 0 fully saturated rings. The van der Waals surface area contributed by atoms with Gasteiger partial charge in [0.2, 0.25) is 0 Å². The number of rotatable bonds is 8. The Morgan fingerprint density at radius 2 is 1.90 bits per heavy atom. The Balaban J connectivity index is 0.000000461. The number of methoxy groups -OCH3 is 1. The number of aliphatic carboxylic acids is 1. The predicted molar refractivity (Wildman–Crippen MR) is 114 cm³/mol. The third kappa shape index (κ3) is 7.51. The monoisotopic (exact) mass is 436 g/mol. The molecule has 1 N–H and O–H groups in total. The molecule has 0 aliphatic heterocycles. The molecule has 0 saturated carbocycles. The molecular weight excluding hydrogens is 411 g/mol. The van der Waals surface area contributed by atoms with Crippen LogP contribution in [0.2, 0.25) is 0 Å². The Kier molecular flexibility index (Phi) is 11.6. The van der Waals surface area contributed by atoms with E-state index in [1.807, 2.05) is 0 Å². The first-order chi connectivity index (χ1) is 14.4. The number of pyridine rings is 1. The number of carboxylic acids is 1. The molecule has 0 atom stereocenters. The van der Waals surface area contributed by atoms with E-state index in [1.165, 1.54) is 12.3 Å². The Morgan fingerprint density at radius 1 is 1.23 bits per heavy atom. The fourth-order valence-corrected chi connectivity index (χ4v) is 3.45. The molecule has 9 heteroatoms. The Bertz CT molecular complexity index is 1050. The smallest absolute Gasteiger partial charge is 0.481 e. The summed E-state index contributed by atoms with van der Waals surface area (Å²) in [6, 6.07) is 10.1. The number of hydrogen-bond acceptors (Lipinski definition) is 6. The van der Waals surface area contributed by atoms with Gasteiger partial charge >= 0.3 is 24.8 Å². The van der Waals surface area contributed by atoms with E-state index < -0.39 is 16.7 Å². The van der Waals surface area contributed by atoms with Crippen molar-refractivity contribution in [3.63, 3.8) is 0 Å². The van der Waals surface area contributed by atoms with E-state index >= 15 is 0 Å². The topological polar surface area (TPSA) is 98.0 Å². The average Bonchev–Trinajstić information content (AvgIpc) is 3.13. The maximum Gasteiger partial charge on any atom is 1.00 e. The molecular formula is C22H25LiN2O5S-2. The zero-order valence-corrected chi connectivity index (χ0v) is 18.6. The van der Waals surface area contributed by atoms with Crippen molar-refractivity contribution >= 4 is 22.2 Å². The van der Waals surface area contributed by atoms with Gasteiger partial charge in [0.25, 0.3) is 0 Å². The molecule has 31 heavy (non-hydrogen) atoms. The molecule has 7 nitrogen and oxygen atoms in total. The summed E-state index contributed by atoms with van der Waals surface area (Å²) in [6.07, 6.45) is 4.90. The number of benzene rings is 1. The number of ether oxygens (including phenoxy) is 1. The minimum Gasteiger partial charge on any atom is -0.481 e. The average molecular weight is 436 g/mol. The number of carboxylic acid groups (broad SMARTS) is 1. The van der Waals surface area contributed by atoms with E-state index in [1.54, 1.807) is 48.2 Å². The summed E-state index contributed by atoms with van der Waals surface area (Å²) in [5, 5.41) is 13.0. The first-order valence-electron chi connectivity index (χ1n) is 9.35. The van der Waals surface area contributed by atoms with Crippen molar-refractivity contribution in [3.8, 4) is 11.1 Å². The van der Waals surface area contributed by atoms with Crippen LogP contribution >= 0.6 is 0 Å². The van der Waals surface area contributed by atoms with Gasteiger partial charge in [-0.1, -0.05) is 35.1 Å². The van der Waals surface area contributed by atoms with Crippen molar-refractivity contribution in [2.75, 3.05) is 13.7 Å². The quantitative estimate of drug-likeness (QED) is 0.321. The van der Waals surface area contributed by atoms with Crippen molar-refractivity contribution in [2.24, 2.45) is 5.92 Å². The van der Waals surface area contributed by atoms with E-state index in [2.05, 4.69) is 18.9 Å². The van der Waals surface area contributed by atoms with Gasteiger partial charge in [-0.15, -0.1) is 0 Å². The Morgan fingerprint density at radius 3 is 2.45 bits per heavy atom. The summed E-state index contributed by atoms with van der Waals surface area (Å²) in [4.78, 5) is 11.1. The molecule has 162 valence electrons. The fourth-order valence-electron chi connectivity index (χ4n) is 2.90. The van der Waals surface area contributed by atoms with Gasteiger partial charge in [-0.2, -0.15) is 17.9 Å². The van der Waals surface area contributed by atoms with E-state index in [-0.39, 0.29) is 30.2 Å². The summed E-state index contributed by atoms with van der Waals surface area (Å²) in [7, 11) is -0.639. The minimum absolute atomic E-state index is 0. The van der Waals surface area contributed by atoms with Crippen LogP contribution in [0.25, 0.3) is 16.6 Å². The van der Waals surface area contributed by atoms with Crippen LogP contribution in [0.15, 0.2) is 53.7 Å². The fraction of sp³-hybridized carbons (Fsp3) is 0.273. The molecule has 2 aromatic heterocycles. The maximum absolute atomic E-state index is 11.3. The van der Waals surface area contributed by atoms with Crippen molar-refractivity contribution in [3.05, 3.63) is 68.2 Å². The van der Waals surface area contributed by atoms with Gasteiger partial charge in [0.1, 0.15) is 0 Å². The second-order valence-corrected chi connectivity index (χ2v) is 7.52. The molecule has 0 unspecified atom stereocenters. The molecule has 0 amide bonds. The standard InChI is InChI=1S/C15H11N2O4S.C7H14O.Li/c18-15(19)8-11-9-16-17-6-5-10(7-13(11)17)12-3-1-2-4-14(12)22(20)21;1-4-7(5-2)6-8-3;/h1-7,9H,8H2,(H,18,19);7H,1-2,4-6H2,3H3;/q-1;-2;+1. The molecule has 0 saturated heterocycles. The van der Waals surface area contributed by atoms with Gasteiger partial charge in [0, 0.05) is 25.5 Å². The molecule has 3 rings (SSSR count). The van der Waals surface area contributed by atoms with Crippen LogP contribution in [0.5, 0.6) is 0 Å². The first-order valence-corrected chi connectivity index (χ1v) is 10.4. The molecule has 0 aliphatic rings. The number of aromatic nitrogens is 2. The van der Waals surface area contributed by atoms with E-state index in [0.717, 1.165) is 19.4 Å². The second kappa shape index (κ2) is 13.3. The largest absolute Gasteiger partial charge is 1.00 e. The molecule has 0 aliphatic carbocycles. The van der Waals surface area contributed by atoms with Crippen LogP contribution in [0.1, 0.15) is 18.4 Å². The SMILES string of the molecule is O=C(O)Cc1cnn2ccc(-c3ccccc3[S-](=O)=O)cc12.[CH2-]CC(C[CH2-])COC.[Li+]. The third-order valence-corrected chi connectivity index (χ3v) is 5.25. The normalized spacial score (nSPS) is 10.6. The van der Waals surface area contributed by atoms with Gasteiger partial charge in [-0.25, -0.2) is 4.52 Å². The molecule has 1 aromatic carbocycles. The molecule has 0 radical (unpaired) electrons. The zero-order valence-electron chi connectivity index (χ0n) is 17.8. The summed E-state index contributed by atoms with van der Waals surface area (Å²) in [5.41, 5.74) is 2.49. The molecule has 0 bridgehead atoms. The molecule has 0 spiro atoms. The van der Waals surface area contributed by atoms with Crippen molar-refractivity contribution in [1.82, 2.24) is 9.61 Å². The molecule has 3 aromatic rings. The number of hydrogen-bond donors (Lipinski definition) is 1. The van der Waals surface area contributed by atoms with Crippen molar-refractivity contribution in [1.29, 1.82) is 0 Å². The van der Waals surface area contributed by atoms with E-state index in [9.17, 15) is 13.2 Å². The zero-order chi connectivity index (χ0) is 22.1. The van der Waals surface area contributed by atoms with Crippen LogP contribution in [-0.4, -0.2) is 34.4 Å². The van der Waals surface area contributed by atoms with Gasteiger partial charge in [0.05, 0.1) is 18.1 Å². The summed E-state index contributed by atoms with van der Waals surface area (Å²) in [5.74, 6) is -0.388. The van der Waals surface area contributed by atoms with Gasteiger partial charge < -0.3 is 32.1 Å². The van der Waals surface area contributed by atoms with Crippen LogP contribution in [0.3, 0.4) is 0 Å². The van der Waals surface area contributed by atoms with Crippen LogP contribution in [0, 0.1) is 19.8 Å². The van der Waals surface area contributed by atoms with Crippen molar-refractivity contribution in [2.45, 2.75) is 24.2 Å². The Hall–Kier alpha value is -2.11. The van der Waals surface area contributed by atoms with Crippen molar-refractivity contribution < 1.29 is 41.9 Å². The number of fused-ring (bicyclic) bond motifs is 1. The number of nitrogens with zero attached hydrogens (tertiary/aromatic N) is 2. The maximum atomic E-state index is 11.3. The molecule has 2 heterocycles. The predicted octanol–water partition coefficient (Wildman–Crippen LogP) is 0.998. The van der Waals surface area contributed by atoms with Crippen LogP contribution in [0.4, 0.5) is 0 Å². The summed E-state index contributed by atoms with van der Waals surface area (Å²) >= 11 is 0. The summed E-state index contributed by atoms with van der Waals surface area (Å²) in [6.45, 7) is 8.31. The summed E-state index contributed by atoms with van der Waals surface area (Å²) < 4.78 is 29.1. The number of carbonyl (C=O) groups is 1. The first kappa shape index (κ1) is 26.9. The third-order valence-electron chi connectivity index (χ3n) is 4.54. The van der Waals surface area contributed by atoms with Gasteiger partial charge in [0.15, 0.2) is 0 Å². The van der Waals surface area contributed by atoms with E-state index in [0.29, 0.717) is 28.1 Å². The van der Waals surface area contributed by atoms with Crippen LogP contribution in [-0.2, 0) is 35.1 Å². The van der Waals surface area contributed by atoms with E-state index in [4.69, 9.17) is 9.84 Å².